The van der Waals surface area contributed by atoms with Crippen molar-refractivity contribution in [3.8, 4) is 22.3 Å². The van der Waals surface area contributed by atoms with Crippen LogP contribution in [0, 0.1) is 5.92 Å². The van der Waals surface area contributed by atoms with Crippen molar-refractivity contribution < 1.29 is 34.0 Å². The number of amides is 1. The van der Waals surface area contributed by atoms with E-state index in [2.05, 4.69) is 20.0 Å². The van der Waals surface area contributed by atoms with Crippen LogP contribution in [0.3, 0.4) is 0 Å². The zero-order valence-corrected chi connectivity index (χ0v) is 17.8. The molecule has 2 unspecified atom stereocenters. The summed E-state index contributed by atoms with van der Waals surface area (Å²) in [6.07, 6.45) is 4.92. The second-order valence-corrected chi connectivity index (χ2v) is 7.50. The Morgan fingerprint density at radius 2 is 2.06 bits per heavy atom. The number of hydrogen-bond donors (Lipinski definition) is 3. The number of aromatic hydroxyl groups is 2. The maximum atomic E-state index is 12.3. The Balaban J connectivity index is 1.74. The Morgan fingerprint density at radius 3 is 2.77 bits per heavy atom. The molecule has 10 nitrogen and oxygen atoms in total. The fraction of sp³-hybridized carbons (Fsp3) is 0.263. The fourth-order valence-corrected chi connectivity index (χ4v) is 3.74. The molecule has 2 atom stereocenters. The number of anilines is 1. The lowest BCUT2D eigenvalue weighted by atomic mass is 9.84. The molecule has 3 N–H and O–H groups in total. The van der Waals surface area contributed by atoms with Crippen LogP contribution in [0.1, 0.15) is 10.5 Å². The zero-order chi connectivity index (χ0) is 22.5. The van der Waals surface area contributed by atoms with Crippen molar-refractivity contribution in [3.05, 3.63) is 40.8 Å². The van der Waals surface area contributed by atoms with Crippen LogP contribution in [0.25, 0.3) is 10.7 Å². The number of ether oxygens (including phenoxy) is 3. The van der Waals surface area contributed by atoms with Crippen LogP contribution in [0.4, 0.5) is 10.5 Å². The Labute approximate surface area is 182 Å². The van der Waals surface area contributed by atoms with Gasteiger partial charge in [0, 0.05) is 13.0 Å². The van der Waals surface area contributed by atoms with Crippen molar-refractivity contribution >= 4 is 36.9 Å². The van der Waals surface area contributed by atoms with Gasteiger partial charge in [-0.1, -0.05) is 23.7 Å². The van der Waals surface area contributed by atoms with E-state index in [0.29, 0.717) is 10.6 Å². The van der Waals surface area contributed by atoms with Crippen molar-refractivity contribution in [2.24, 2.45) is 5.92 Å². The average Bonchev–Trinajstić information content (AvgIpc) is 3.21. The summed E-state index contributed by atoms with van der Waals surface area (Å²) in [5.74, 6) is -2.72. The molecule has 0 aliphatic heterocycles. The Hall–Kier alpha value is -3.38. The number of allylic oxidation sites excluding steroid dienone is 2. The van der Waals surface area contributed by atoms with Gasteiger partial charge in [-0.05, 0) is 11.4 Å². The molecule has 2 aromatic heterocycles. The van der Waals surface area contributed by atoms with Gasteiger partial charge in [0.05, 0.1) is 23.8 Å². The molecular weight excluding hydrogens is 425 g/mol. The largest absolute Gasteiger partial charge is 0.501 e. The van der Waals surface area contributed by atoms with E-state index in [1.54, 1.807) is 18.6 Å². The van der Waals surface area contributed by atoms with Crippen LogP contribution >= 0.6 is 11.3 Å². The number of thiophene rings is 1. The zero-order valence-electron chi connectivity index (χ0n) is 17.0. The maximum absolute atomic E-state index is 12.3. The smallest absolute Gasteiger partial charge is 0.411 e. The van der Waals surface area contributed by atoms with Crippen molar-refractivity contribution in [2.45, 2.75) is 6.10 Å². The summed E-state index contributed by atoms with van der Waals surface area (Å²) >= 11 is 1.16. The summed E-state index contributed by atoms with van der Waals surface area (Å²) in [4.78, 5) is 32.2. The monoisotopic (exact) mass is 445 g/mol. The SMILES string of the molecule is BC1=CC(COC(=O)Nc2ccsc2-c2nc(O)c(O)c(C(=O)OC)n2)C(OC)C=C1. The lowest BCUT2D eigenvalue weighted by molar-refractivity contribution is 0.0588. The molecule has 1 aliphatic carbocycles. The van der Waals surface area contributed by atoms with Crippen molar-refractivity contribution in [1.29, 1.82) is 0 Å². The molecule has 1 amide bonds. The van der Waals surface area contributed by atoms with Gasteiger partial charge in [-0.25, -0.2) is 14.6 Å². The highest BCUT2D eigenvalue weighted by atomic mass is 32.1. The van der Waals surface area contributed by atoms with E-state index in [9.17, 15) is 19.8 Å². The highest BCUT2D eigenvalue weighted by Crippen LogP contribution is 2.35. The van der Waals surface area contributed by atoms with Crippen LogP contribution in [0.5, 0.6) is 11.6 Å². The van der Waals surface area contributed by atoms with Gasteiger partial charge in [0.25, 0.3) is 5.88 Å². The van der Waals surface area contributed by atoms with E-state index in [-0.39, 0.29) is 24.5 Å². The standard InChI is InChI=1S/C19H20BN3O7S/c1-28-12-4-3-10(20)7-9(12)8-30-19(27)21-11-5-6-31-15(11)16-22-13(18(26)29-2)14(24)17(25)23-16/h3-7,9,12,24H,8,20H2,1-2H3,(H,21,27)(H,22,23,25). The summed E-state index contributed by atoms with van der Waals surface area (Å²) in [7, 11) is 4.65. The molecule has 1 aliphatic rings. The summed E-state index contributed by atoms with van der Waals surface area (Å²) < 4.78 is 15.3. The van der Waals surface area contributed by atoms with Gasteiger partial charge in [-0.3, -0.25) is 5.32 Å². The van der Waals surface area contributed by atoms with Crippen LogP contribution in [0.15, 0.2) is 35.1 Å². The average molecular weight is 445 g/mol. The topological polar surface area (TPSA) is 140 Å². The van der Waals surface area contributed by atoms with Crippen molar-refractivity contribution in [2.75, 3.05) is 26.1 Å². The molecule has 31 heavy (non-hydrogen) atoms. The van der Waals surface area contributed by atoms with Gasteiger partial charge in [0.1, 0.15) is 14.5 Å². The predicted octanol–water partition coefficient (Wildman–Crippen LogP) is 1.67. The molecule has 0 aromatic carbocycles. The number of aromatic nitrogens is 2. The summed E-state index contributed by atoms with van der Waals surface area (Å²) in [5, 5.41) is 23.9. The molecule has 3 rings (SSSR count). The quantitative estimate of drug-likeness (QED) is 0.447. The van der Waals surface area contributed by atoms with Crippen molar-refractivity contribution in [1.82, 2.24) is 9.97 Å². The molecule has 0 bridgehead atoms. The molecule has 0 spiro atoms. The number of hydrogen-bond acceptors (Lipinski definition) is 10. The Kier molecular flexibility index (Phi) is 6.93. The molecule has 0 radical (unpaired) electrons. The predicted molar refractivity (Wildman–Crippen MR) is 115 cm³/mol. The molecule has 2 aromatic rings. The summed E-state index contributed by atoms with van der Waals surface area (Å²) in [6.45, 7) is 0.106. The first-order valence-corrected chi connectivity index (χ1v) is 10.0. The van der Waals surface area contributed by atoms with E-state index in [1.165, 1.54) is 0 Å². The maximum Gasteiger partial charge on any atom is 0.411 e. The third-order valence-corrected chi connectivity index (χ3v) is 5.39. The number of carbonyl (C=O) groups is 2. The number of carbonyl (C=O) groups excluding carboxylic acids is 2. The van der Waals surface area contributed by atoms with E-state index in [4.69, 9.17) is 9.47 Å². The minimum atomic E-state index is -0.945. The van der Waals surface area contributed by atoms with E-state index >= 15 is 0 Å². The number of methoxy groups -OCH3 is 2. The van der Waals surface area contributed by atoms with Crippen LogP contribution in [-0.2, 0) is 14.2 Å². The first kappa shape index (κ1) is 22.3. The normalized spacial score (nSPS) is 17.7. The van der Waals surface area contributed by atoms with E-state index in [1.807, 2.05) is 26.1 Å². The molecule has 2 heterocycles. The molecule has 0 fully saturated rings. The van der Waals surface area contributed by atoms with Gasteiger partial charge in [-0.2, -0.15) is 4.98 Å². The molecule has 0 saturated heterocycles. The van der Waals surface area contributed by atoms with Crippen LogP contribution in [-0.4, -0.2) is 67.0 Å². The van der Waals surface area contributed by atoms with Gasteiger partial charge in [-0.15, -0.1) is 11.3 Å². The van der Waals surface area contributed by atoms with Crippen LogP contribution < -0.4 is 5.32 Å². The van der Waals surface area contributed by atoms with Crippen LogP contribution in [0.2, 0.25) is 0 Å². The molecule has 12 heteroatoms. The number of nitrogens with zero attached hydrogens (tertiary/aromatic N) is 2. The first-order valence-electron chi connectivity index (χ1n) is 9.13. The van der Waals surface area contributed by atoms with Crippen molar-refractivity contribution in [3.63, 3.8) is 0 Å². The summed E-state index contributed by atoms with van der Waals surface area (Å²) in [6, 6.07) is 1.59. The lowest BCUT2D eigenvalue weighted by Crippen LogP contribution is -2.28. The van der Waals surface area contributed by atoms with Gasteiger partial charge in [0.2, 0.25) is 5.75 Å². The second kappa shape index (κ2) is 9.62. The summed E-state index contributed by atoms with van der Waals surface area (Å²) in [5.41, 5.74) is 0.868. The van der Waals surface area contributed by atoms with E-state index in [0.717, 1.165) is 23.9 Å². The third-order valence-electron chi connectivity index (χ3n) is 4.48. The lowest BCUT2D eigenvalue weighted by Gasteiger charge is -2.24. The fourth-order valence-electron chi connectivity index (χ4n) is 2.96. The van der Waals surface area contributed by atoms with Gasteiger partial charge in [0.15, 0.2) is 11.5 Å². The van der Waals surface area contributed by atoms with E-state index < -0.39 is 29.4 Å². The Bertz CT molecular complexity index is 1050. The highest BCUT2D eigenvalue weighted by molar-refractivity contribution is 7.14. The highest BCUT2D eigenvalue weighted by Gasteiger charge is 2.24. The Morgan fingerprint density at radius 1 is 1.29 bits per heavy atom. The molecule has 0 saturated carbocycles. The van der Waals surface area contributed by atoms with Gasteiger partial charge < -0.3 is 24.4 Å². The number of esters is 1. The minimum absolute atomic E-state index is 0.0728. The second-order valence-electron chi connectivity index (χ2n) is 6.58. The first-order chi connectivity index (χ1) is 14.8. The third kappa shape index (κ3) is 5.04. The minimum Gasteiger partial charge on any atom is -0.501 e. The molecular formula is C19H20BN3O7S. The number of nitrogens with one attached hydrogen (secondary N) is 1. The molecule has 162 valence electrons. The number of rotatable bonds is 6. The van der Waals surface area contributed by atoms with Gasteiger partial charge >= 0.3 is 12.1 Å².